The van der Waals surface area contributed by atoms with Crippen LogP contribution in [0.2, 0.25) is 0 Å². The Morgan fingerprint density at radius 1 is 0.949 bits per heavy atom. The molecule has 7 rings (SSSR count). The van der Waals surface area contributed by atoms with Crippen LogP contribution in [0.4, 0.5) is 17.3 Å². The van der Waals surface area contributed by atoms with Crippen LogP contribution in [0.15, 0.2) is 89.9 Å². The summed E-state index contributed by atoms with van der Waals surface area (Å²) in [4.78, 5) is 22.5. The van der Waals surface area contributed by atoms with Crippen molar-refractivity contribution in [1.29, 1.82) is 0 Å². The fraction of sp³-hybridized carbons (Fsp3) is 0.258. The summed E-state index contributed by atoms with van der Waals surface area (Å²) >= 11 is 0. The molecule has 3 aliphatic heterocycles. The summed E-state index contributed by atoms with van der Waals surface area (Å²) < 4.78 is 7.55. The monoisotopic (exact) mass is 518 g/mol. The number of guanidine groups is 1. The number of carbonyl (C=O) groups is 1. The van der Waals surface area contributed by atoms with Crippen molar-refractivity contribution in [1.82, 2.24) is 14.7 Å². The van der Waals surface area contributed by atoms with Crippen molar-refractivity contribution in [2.45, 2.75) is 19.0 Å². The Morgan fingerprint density at radius 2 is 1.67 bits per heavy atom. The number of hydrogen-bond acceptors (Lipinski definition) is 6. The molecule has 2 atom stereocenters. The van der Waals surface area contributed by atoms with Crippen LogP contribution in [0.5, 0.6) is 0 Å². The molecule has 1 N–H and O–H groups in total. The molecular formula is C31H30N6O2. The first-order valence-corrected chi connectivity index (χ1v) is 13.4. The number of anilines is 3. The molecule has 0 spiro atoms. The summed E-state index contributed by atoms with van der Waals surface area (Å²) in [5.74, 6) is 2.28. The van der Waals surface area contributed by atoms with Crippen LogP contribution in [-0.4, -0.2) is 59.4 Å². The number of rotatable bonds is 6. The van der Waals surface area contributed by atoms with Crippen LogP contribution in [0.1, 0.15) is 22.3 Å². The van der Waals surface area contributed by atoms with Gasteiger partial charge in [-0.15, -0.1) is 0 Å². The molecule has 0 radical (unpaired) electrons. The second-order valence-electron chi connectivity index (χ2n) is 10.4. The maximum absolute atomic E-state index is 13.8. The molecule has 4 heterocycles. The van der Waals surface area contributed by atoms with Crippen LogP contribution in [-0.2, 0) is 11.3 Å². The molecule has 4 aromatic rings. The maximum Gasteiger partial charge on any atom is 0.267 e. The standard InChI is InChI=1S/C31H30N6O2/c1-35-30(38)27-28(32-25-10-6-3-7-11-25)37(18-21-12-14-23(15-13-21)22-8-4-2-5-9-22)34-29(27)36-19-26(33-31(35)36)24-16-17-39-20-24/h2-15,24,26,32H,16-20H2,1H3. The number of para-hydroxylation sites is 1. The third kappa shape index (κ3) is 4.27. The predicted octanol–water partition coefficient (Wildman–Crippen LogP) is 5.01. The van der Waals surface area contributed by atoms with Gasteiger partial charge in [0.15, 0.2) is 5.82 Å². The molecule has 2 unspecified atom stereocenters. The van der Waals surface area contributed by atoms with Gasteiger partial charge in [-0.25, -0.2) is 9.67 Å². The number of aliphatic imine (C=N–C) groups is 1. The Hall–Kier alpha value is -4.43. The lowest BCUT2D eigenvalue weighted by Crippen LogP contribution is -2.48. The summed E-state index contributed by atoms with van der Waals surface area (Å²) in [6.45, 7) is 2.71. The molecule has 8 heteroatoms. The maximum atomic E-state index is 13.8. The van der Waals surface area contributed by atoms with Gasteiger partial charge in [-0.1, -0.05) is 72.8 Å². The topological polar surface area (TPSA) is 75.0 Å². The van der Waals surface area contributed by atoms with E-state index >= 15 is 0 Å². The zero-order valence-corrected chi connectivity index (χ0v) is 21.8. The van der Waals surface area contributed by atoms with Gasteiger partial charge in [0.1, 0.15) is 11.4 Å². The number of amides is 1. The lowest BCUT2D eigenvalue weighted by Gasteiger charge is -2.30. The van der Waals surface area contributed by atoms with Gasteiger partial charge in [-0.2, -0.15) is 5.10 Å². The molecule has 8 nitrogen and oxygen atoms in total. The molecule has 1 saturated heterocycles. The van der Waals surface area contributed by atoms with E-state index in [2.05, 4.69) is 46.6 Å². The summed E-state index contributed by atoms with van der Waals surface area (Å²) in [7, 11) is 1.80. The van der Waals surface area contributed by atoms with Crippen molar-refractivity contribution in [2.24, 2.45) is 10.9 Å². The quantitative estimate of drug-likeness (QED) is 0.389. The van der Waals surface area contributed by atoms with Crippen LogP contribution in [0.25, 0.3) is 11.1 Å². The molecule has 1 fully saturated rings. The van der Waals surface area contributed by atoms with Crippen molar-refractivity contribution in [2.75, 3.05) is 37.0 Å². The molecule has 0 aliphatic carbocycles. The van der Waals surface area contributed by atoms with E-state index in [9.17, 15) is 4.79 Å². The van der Waals surface area contributed by atoms with Gasteiger partial charge in [0.05, 0.1) is 25.7 Å². The van der Waals surface area contributed by atoms with Gasteiger partial charge in [0, 0.05) is 25.3 Å². The smallest absolute Gasteiger partial charge is 0.267 e. The van der Waals surface area contributed by atoms with Crippen molar-refractivity contribution >= 4 is 29.2 Å². The molecule has 3 aromatic carbocycles. The summed E-state index contributed by atoms with van der Waals surface area (Å²) in [6, 6.07) is 28.9. The zero-order valence-electron chi connectivity index (χ0n) is 21.8. The summed E-state index contributed by atoms with van der Waals surface area (Å²) in [5, 5.41) is 8.53. The first-order chi connectivity index (χ1) is 19.2. The fourth-order valence-electron chi connectivity index (χ4n) is 5.69. The highest BCUT2D eigenvalue weighted by Crippen LogP contribution is 2.38. The number of fused-ring (bicyclic) bond motifs is 3. The molecular weight excluding hydrogens is 488 g/mol. The highest BCUT2D eigenvalue weighted by Gasteiger charge is 2.44. The molecule has 0 saturated carbocycles. The fourth-order valence-corrected chi connectivity index (χ4v) is 5.69. The van der Waals surface area contributed by atoms with E-state index in [0.29, 0.717) is 48.8 Å². The SMILES string of the molecule is CN1C(=O)c2c(nn(Cc3ccc(-c4ccccc4)cc3)c2Nc2ccccc2)N2CC(C3CCOC3)N=C12. The number of nitrogens with zero attached hydrogens (tertiary/aromatic N) is 5. The lowest BCUT2D eigenvalue weighted by molar-refractivity contribution is 0.0866. The van der Waals surface area contributed by atoms with Crippen LogP contribution in [0.3, 0.4) is 0 Å². The average Bonchev–Trinajstić information content (AvgIpc) is 3.73. The first kappa shape index (κ1) is 23.7. The van der Waals surface area contributed by atoms with Crippen molar-refractivity contribution in [3.8, 4) is 11.1 Å². The zero-order chi connectivity index (χ0) is 26.3. The number of carbonyl (C=O) groups excluding carboxylic acids is 1. The van der Waals surface area contributed by atoms with Gasteiger partial charge in [0.2, 0.25) is 5.96 Å². The van der Waals surface area contributed by atoms with Crippen LogP contribution in [0, 0.1) is 5.92 Å². The van der Waals surface area contributed by atoms with E-state index in [1.807, 2.05) is 53.2 Å². The summed E-state index contributed by atoms with van der Waals surface area (Å²) in [6.07, 6.45) is 0.994. The van der Waals surface area contributed by atoms with Crippen molar-refractivity contribution < 1.29 is 9.53 Å². The van der Waals surface area contributed by atoms with Gasteiger partial charge in [-0.05, 0) is 35.2 Å². The Morgan fingerprint density at radius 3 is 2.38 bits per heavy atom. The molecule has 1 aromatic heterocycles. The van der Waals surface area contributed by atoms with E-state index in [0.717, 1.165) is 24.3 Å². The molecule has 196 valence electrons. The van der Waals surface area contributed by atoms with Crippen molar-refractivity contribution in [3.05, 3.63) is 96.1 Å². The minimum absolute atomic E-state index is 0.0879. The van der Waals surface area contributed by atoms with E-state index in [1.165, 1.54) is 11.1 Å². The van der Waals surface area contributed by atoms with E-state index in [1.54, 1.807) is 11.9 Å². The van der Waals surface area contributed by atoms with Gasteiger partial charge < -0.3 is 10.1 Å². The molecule has 1 amide bonds. The Labute approximate surface area is 227 Å². The van der Waals surface area contributed by atoms with E-state index in [-0.39, 0.29) is 11.9 Å². The highest BCUT2D eigenvalue weighted by atomic mass is 16.5. The third-order valence-corrected chi connectivity index (χ3v) is 7.84. The number of nitrogens with one attached hydrogen (secondary N) is 1. The minimum atomic E-state index is -0.104. The molecule has 39 heavy (non-hydrogen) atoms. The van der Waals surface area contributed by atoms with E-state index in [4.69, 9.17) is 14.8 Å². The minimum Gasteiger partial charge on any atom is -0.381 e. The average molecular weight is 519 g/mol. The third-order valence-electron chi connectivity index (χ3n) is 7.84. The second-order valence-corrected chi connectivity index (χ2v) is 10.4. The van der Waals surface area contributed by atoms with Crippen molar-refractivity contribution in [3.63, 3.8) is 0 Å². The van der Waals surface area contributed by atoms with E-state index < -0.39 is 0 Å². The number of ether oxygens (including phenoxy) is 1. The van der Waals surface area contributed by atoms with Crippen LogP contribution < -0.4 is 10.2 Å². The van der Waals surface area contributed by atoms with Gasteiger partial charge in [-0.3, -0.25) is 14.6 Å². The molecule has 3 aliphatic rings. The van der Waals surface area contributed by atoms with Gasteiger partial charge in [0.25, 0.3) is 5.91 Å². The van der Waals surface area contributed by atoms with Gasteiger partial charge >= 0.3 is 0 Å². The lowest BCUT2D eigenvalue weighted by atomic mass is 10.00. The Kier molecular flexibility index (Phi) is 5.89. The largest absolute Gasteiger partial charge is 0.381 e. The number of hydrogen-bond donors (Lipinski definition) is 1. The Balaban J connectivity index is 1.26. The molecule has 0 bridgehead atoms. The first-order valence-electron chi connectivity index (χ1n) is 13.4. The second kappa shape index (κ2) is 9.71. The number of aromatic nitrogens is 2. The summed E-state index contributed by atoms with van der Waals surface area (Å²) in [5.41, 5.74) is 4.92. The van der Waals surface area contributed by atoms with Crippen LogP contribution >= 0.6 is 0 Å². The highest BCUT2D eigenvalue weighted by molar-refractivity contribution is 6.20. The number of benzene rings is 3. The normalized spacial score (nSPS) is 20.1. The Bertz CT molecular complexity index is 1520. The predicted molar refractivity (Wildman–Crippen MR) is 153 cm³/mol.